The summed E-state index contributed by atoms with van der Waals surface area (Å²) in [6.45, 7) is 2.33. The number of methoxy groups -OCH3 is 1. The number of likely N-dealkylation sites (tertiary alicyclic amines) is 1. The molecule has 1 atom stereocenters. The lowest BCUT2D eigenvalue weighted by molar-refractivity contribution is -0.0360. The van der Waals surface area contributed by atoms with E-state index in [4.69, 9.17) is 9.84 Å². The maximum absolute atomic E-state index is 9.22. The summed E-state index contributed by atoms with van der Waals surface area (Å²) < 4.78 is 4.76. The van der Waals surface area contributed by atoms with E-state index in [0.29, 0.717) is 26.2 Å². The minimum Gasteiger partial charge on any atom is -0.390 e. The highest BCUT2D eigenvalue weighted by atomic mass is 16.5. The zero-order chi connectivity index (χ0) is 8.27. The quantitative estimate of drug-likeness (QED) is 0.536. The number of ether oxygens (including phenoxy) is 1. The molecule has 2 N–H and O–H groups in total. The molecule has 0 aromatic heterocycles. The Morgan fingerprint density at radius 2 is 2.27 bits per heavy atom. The Hall–Kier alpha value is -0.160. The van der Waals surface area contributed by atoms with E-state index >= 15 is 0 Å². The van der Waals surface area contributed by atoms with Gasteiger partial charge in [0, 0.05) is 26.7 Å². The first kappa shape index (κ1) is 8.93. The van der Waals surface area contributed by atoms with Crippen LogP contribution < -0.4 is 0 Å². The Morgan fingerprint density at radius 1 is 1.64 bits per heavy atom. The maximum atomic E-state index is 9.22. The molecule has 0 radical (unpaired) electrons. The van der Waals surface area contributed by atoms with Gasteiger partial charge in [-0.1, -0.05) is 0 Å². The molecule has 1 aliphatic heterocycles. The van der Waals surface area contributed by atoms with Crippen LogP contribution in [-0.2, 0) is 4.74 Å². The van der Waals surface area contributed by atoms with Crippen LogP contribution in [0.25, 0.3) is 0 Å². The van der Waals surface area contributed by atoms with Gasteiger partial charge in [-0.2, -0.15) is 0 Å². The molecule has 1 fully saturated rings. The molecule has 0 aromatic carbocycles. The molecule has 1 heterocycles. The predicted octanol–water partition coefficient (Wildman–Crippen LogP) is -1.33. The fourth-order valence-corrected chi connectivity index (χ4v) is 1.23. The van der Waals surface area contributed by atoms with Gasteiger partial charge < -0.3 is 14.9 Å². The Balaban J connectivity index is 2.02. The third kappa shape index (κ3) is 2.75. The van der Waals surface area contributed by atoms with Crippen LogP contribution in [0.1, 0.15) is 0 Å². The zero-order valence-corrected chi connectivity index (χ0v) is 6.73. The molecule has 0 spiro atoms. The van der Waals surface area contributed by atoms with Crippen molar-refractivity contribution in [1.82, 2.24) is 4.90 Å². The molecule has 66 valence electrons. The summed E-state index contributed by atoms with van der Waals surface area (Å²) in [7, 11) is 1.56. The molecular formula is C7H15NO3. The highest BCUT2D eigenvalue weighted by molar-refractivity contribution is 4.80. The molecule has 0 amide bonds. The standard InChI is InChI=1S/C7H15NO3/c1-11-5-7(10)4-8-2-6(9)3-8/h6-7,9-10H,2-5H2,1H3. The number of hydrogen-bond donors (Lipinski definition) is 2. The molecule has 1 unspecified atom stereocenters. The van der Waals surface area contributed by atoms with Crippen molar-refractivity contribution in [1.29, 1.82) is 0 Å². The van der Waals surface area contributed by atoms with E-state index in [2.05, 4.69) is 0 Å². The molecule has 4 nitrogen and oxygen atoms in total. The second-order valence-electron chi connectivity index (χ2n) is 2.98. The van der Waals surface area contributed by atoms with Crippen LogP contribution in [0, 0.1) is 0 Å². The number of nitrogens with zero attached hydrogens (tertiary/aromatic N) is 1. The molecule has 0 saturated carbocycles. The van der Waals surface area contributed by atoms with Crippen LogP contribution in [0.2, 0.25) is 0 Å². The number of aliphatic hydroxyl groups excluding tert-OH is 2. The molecule has 1 saturated heterocycles. The van der Waals surface area contributed by atoms with Crippen molar-refractivity contribution in [3.8, 4) is 0 Å². The van der Waals surface area contributed by atoms with Gasteiger partial charge in [-0.25, -0.2) is 0 Å². The van der Waals surface area contributed by atoms with Crippen molar-refractivity contribution in [3.05, 3.63) is 0 Å². The van der Waals surface area contributed by atoms with Crippen LogP contribution in [0.5, 0.6) is 0 Å². The topological polar surface area (TPSA) is 52.9 Å². The normalized spacial score (nSPS) is 23.2. The van der Waals surface area contributed by atoms with E-state index in [9.17, 15) is 5.11 Å². The summed E-state index contributed by atoms with van der Waals surface area (Å²) in [5.74, 6) is 0. The Kier molecular flexibility index (Phi) is 3.26. The third-order valence-electron chi connectivity index (χ3n) is 1.77. The highest BCUT2D eigenvalue weighted by Gasteiger charge is 2.25. The monoisotopic (exact) mass is 161 g/mol. The first-order valence-electron chi connectivity index (χ1n) is 3.79. The number of rotatable bonds is 4. The van der Waals surface area contributed by atoms with Gasteiger partial charge in [-0.05, 0) is 0 Å². The summed E-state index contributed by atoms with van der Waals surface area (Å²) in [6, 6.07) is 0. The lowest BCUT2D eigenvalue weighted by Gasteiger charge is -2.36. The van der Waals surface area contributed by atoms with E-state index in [-0.39, 0.29) is 6.10 Å². The van der Waals surface area contributed by atoms with Gasteiger partial charge in [0.15, 0.2) is 0 Å². The second-order valence-corrected chi connectivity index (χ2v) is 2.98. The van der Waals surface area contributed by atoms with E-state index < -0.39 is 6.10 Å². The SMILES string of the molecule is COCC(O)CN1CC(O)C1. The molecule has 0 aliphatic carbocycles. The van der Waals surface area contributed by atoms with Crippen LogP contribution in [-0.4, -0.2) is 60.7 Å². The van der Waals surface area contributed by atoms with Crippen LogP contribution in [0.3, 0.4) is 0 Å². The van der Waals surface area contributed by atoms with Gasteiger partial charge in [0.1, 0.15) is 0 Å². The summed E-state index contributed by atoms with van der Waals surface area (Å²) in [5, 5.41) is 18.1. The fourth-order valence-electron chi connectivity index (χ4n) is 1.23. The van der Waals surface area contributed by atoms with Crippen molar-refractivity contribution in [2.75, 3.05) is 33.4 Å². The van der Waals surface area contributed by atoms with E-state index in [0.717, 1.165) is 0 Å². The van der Waals surface area contributed by atoms with Crippen molar-refractivity contribution < 1.29 is 14.9 Å². The third-order valence-corrected chi connectivity index (χ3v) is 1.77. The molecule has 0 aromatic rings. The summed E-state index contributed by atoms with van der Waals surface area (Å²) in [4.78, 5) is 1.99. The summed E-state index contributed by atoms with van der Waals surface area (Å²) in [6.07, 6.45) is -0.614. The molecule has 1 rings (SSSR count). The first-order chi connectivity index (χ1) is 5.22. The number of β-amino-alcohol motifs (C(OH)–C–C–N with tert-alkyl or cyclic N) is 2. The van der Waals surface area contributed by atoms with Gasteiger partial charge in [-0.3, -0.25) is 4.90 Å². The van der Waals surface area contributed by atoms with Gasteiger partial charge in [0.25, 0.3) is 0 Å². The predicted molar refractivity (Wildman–Crippen MR) is 40.3 cm³/mol. The molecule has 4 heteroatoms. The van der Waals surface area contributed by atoms with Gasteiger partial charge in [0.2, 0.25) is 0 Å². The molecular weight excluding hydrogens is 146 g/mol. The Labute approximate surface area is 66.4 Å². The van der Waals surface area contributed by atoms with Crippen molar-refractivity contribution in [2.45, 2.75) is 12.2 Å². The van der Waals surface area contributed by atoms with Crippen LogP contribution in [0.4, 0.5) is 0 Å². The van der Waals surface area contributed by atoms with Crippen molar-refractivity contribution in [3.63, 3.8) is 0 Å². The maximum Gasteiger partial charge on any atom is 0.0900 e. The average molecular weight is 161 g/mol. The smallest absolute Gasteiger partial charge is 0.0900 e. The minimum absolute atomic E-state index is 0.190. The van der Waals surface area contributed by atoms with Gasteiger partial charge >= 0.3 is 0 Å². The van der Waals surface area contributed by atoms with Crippen LogP contribution >= 0.6 is 0 Å². The van der Waals surface area contributed by atoms with Crippen molar-refractivity contribution in [2.24, 2.45) is 0 Å². The fraction of sp³-hybridized carbons (Fsp3) is 1.00. The van der Waals surface area contributed by atoms with E-state index in [1.807, 2.05) is 4.90 Å². The van der Waals surface area contributed by atoms with Gasteiger partial charge in [0.05, 0.1) is 18.8 Å². The summed E-state index contributed by atoms with van der Waals surface area (Å²) >= 11 is 0. The lowest BCUT2D eigenvalue weighted by Crippen LogP contribution is -2.53. The van der Waals surface area contributed by atoms with Crippen LogP contribution in [0.15, 0.2) is 0 Å². The number of aliphatic hydroxyl groups is 2. The molecule has 1 aliphatic rings. The molecule has 11 heavy (non-hydrogen) atoms. The van der Waals surface area contributed by atoms with Gasteiger partial charge in [-0.15, -0.1) is 0 Å². The molecule has 0 bridgehead atoms. The summed E-state index contributed by atoms with van der Waals surface area (Å²) in [5.41, 5.74) is 0. The Morgan fingerprint density at radius 3 is 2.73 bits per heavy atom. The number of hydrogen-bond acceptors (Lipinski definition) is 4. The van der Waals surface area contributed by atoms with E-state index in [1.54, 1.807) is 7.11 Å². The first-order valence-corrected chi connectivity index (χ1v) is 3.79. The lowest BCUT2D eigenvalue weighted by atomic mass is 10.1. The highest BCUT2D eigenvalue weighted by Crippen LogP contribution is 2.07. The zero-order valence-electron chi connectivity index (χ0n) is 6.73. The Bertz CT molecular complexity index is 111. The largest absolute Gasteiger partial charge is 0.390 e. The van der Waals surface area contributed by atoms with E-state index in [1.165, 1.54) is 0 Å². The second kappa shape index (κ2) is 4.01. The average Bonchev–Trinajstić information content (AvgIpc) is 1.85. The van der Waals surface area contributed by atoms with Crippen molar-refractivity contribution >= 4 is 0 Å². The minimum atomic E-state index is -0.424.